The summed E-state index contributed by atoms with van der Waals surface area (Å²) in [7, 11) is -1.53. The predicted octanol–water partition coefficient (Wildman–Crippen LogP) is 0.501. The molecule has 3 nitrogen and oxygen atoms in total. The first-order valence-corrected chi connectivity index (χ1v) is 4.19. The van der Waals surface area contributed by atoms with Crippen LogP contribution in [0, 0.1) is 0 Å². The van der Waals surface area contributed by atoms with E-state index in [1.54, 1.807) is 18.3 Å². The van der Waals surface area contributed by atoms with Crippen molar-refractivity contribution in [1.82, 2.24) is 4.98 Å². The van der Waals surface area contributed by atoms with Crippen LogP contribution in [0.25, 0.3) is 10.9 Å². The molecule has 0 aliphatic carbocycles. The lowest BCUT2D eigenvalue weighted by Crippen LogP contribution is -2.30. The van der Waals surface area contributed by atoms with Crippen molar-refractivity contribution in [2.75, 3.05) is 0 Å². The van der Waals surface area contributed by atoms with Crippen molar-refractivity contribution in [3.8, 4) is 0 Å². The van der Waals surface area contributed by atoms with Gasteiger partial charge in [0.1, 0.15) is 0 Å². The second-order valence-electron chi connectivity index (χ2n) is 2.81. The molecule has 5 heteroatoms. The molecule has 0 bridgehead atoms. The summed E-state index contributed by atoms with van der Waals surface area (Å²) in [4.78, 5) is 2.96. The average Bonchev–Trinajstić information content (AvgIpc) is 2.48. The third-order valence-electron chi connectivity index (χ3n) is 1.95. The number of aromatic nitrogens is 1. The Kier molecular flexibility index (Phi) is 2.03. The molecule has 1 aromatic carbocycles. The van der Waals surface area contributed by atoms with E-state index in [2.05, 4.69) is 4.98 Å². The number of benzene rings is 1. The Morgan fingerprint density at radius 2 is 2.08 bits per heavy atom. The van der Waals surface area contributed by atoms with Crippen LogP contribution in [0.5, 0.6) is 0 Å². The van der Waals surface area contributed by atoms with Gasteiger partial charge in [0.25, 0.3) is 0 Å². The second kappa shape index (κ2) is 3.07. The van der Waals surface area contributed by atoms with Crippen molar-refractivity contribution in [3.05, 3.63) is 29.4 Å². The maximum absolute atomic E-state index is 8.96. The third kappa shape index (κ3) is 1.44. The summed E-state index contributed by atoms with van der Waals surface area (Å²) in [5, 5.41) is 19.2. The van der Waals surface area contributed by atoms with Gasteiger partial charge in [-0.3, -0.25) is 0 Å². The van der Waals surface area contributed by atoms with Crippen LogP contribution in [-0.4, -0.2) is 22.2 Å². The van der Waals surface area contributed by atoms with E-state index in [-0.39, 0.29) is 0 Å². The number of nitrogens with one attached hydrogen (secondary N) is 1. The van der Waals surface area contributed by atoms with Crippen molar-refractivity contribution >= 4 is 35.1 Å². The molecule has 0 saturated heterocycles. The molecular weight excluding hydrogens is 188 g/mol. The summed E-state index contributed by atoms with van der Waals surface area (Å²) in [6, 6.07) is 5.19. The van der Waals surface area contributed by atoms with E-state index in [4.69, 9.17) is 21.6 Å². The third-order valence-corrected chi connectivity index (χ3v) is 2.28. The van der Waals surface area contributed by atoms with Gasteiger partial charge in [-0.25, -0.2) is 0 Å². The van der Waals surface area contributed by atoms with E-state index in [0.29, 0.717) is 10.5 Å². The van der Waals surface area contributed by atoms with Gasteiger partial charge in [-0.15, -0.1) is 0 Å². The molecule has 13 heavy (non-hydrogen) atoms. The SMILES string of the molecule is OB(O)c1cc2[nH]ccc2cc1Cl. The number of H-pyrrole nitrogens is 1. The minimum Gasteiger partial charge on any atom is -0.423 e. The summed E-state index contributed by atoms with van der Waals surface area (Å²) in [5.41, 5.74) is 1.16. The van der Waals surface area contributed by atoms with Crippen LogP contribution in [0.2, 0.25) is 5.02 Å². The van der Waals surface area contributed by atoms with Crippen molar-refractivity contribution < 1.29 is 10.0 Å². The highest BCUT2D eigenvalue weighted by Gasteiger charge is 2.15. The molecule has 0 unspecified atom stereocenters. The molecule has 0 fully saturated rings. The van der Waals surface area contributed by atoms with Crippen LogP contribution in [0.4, 0.5) is 0 Å². The van der Waals surface area contributed by atoms with Gasteiger partial charge >= 0.3 is 7.12 Å². The van der Waals surface area contributed by atoms with Gasteiger partial charge < -0.3 is 15.0 Å². The highest BCUT2D eigenvalue weighted by atomic mass is 35.5. The fourth-order valence-corrected chi connectivity index (χ4v) is 1.56. The van der Waals surface area contributed by atoms with Crippen molar-refractivity contribution in [3.63, 3.8) is 0 Å². The van der Waals surface area contributed by atoms with Gasteiger partial charge in [-0.2, -0.15) is 0 Å². The molecule has 3 N–H and O–H groups in total. The second-order valence-corrected chi connectivity index (χ2v) is 3.22. The van der Waals surface area contributed by atoms with E-state index in [1.807, 2.05) is 6.07 Å². The fraction of sp³-hybridized carbons (Fsp3) is 0. The molecule has 0 amide bonds. The first kappa shape index (κ1) is 8.63. The molecule has 0 atom stereocenters. The van der Waals surface area contributed by atoms with Gasteiger partial charge in [0.15, 0.2) is 0 Å². The van der Waals surface area contributed by atoms with E-state index in [9.17, 15) is 0 Å². The quantitative estimate of drug-likeness (QED) is 0.581. The monoisotopic (exact) mass is 195 g/mol. The van der Waals surface area contributed by atoms with Crippen LogP contribution in [0.1, 0.15) is 0 Å². The van der Waals surface area contributed by atoms with Gasteiger partial charge in [0.2, 0.25) is 0 Å². The van der Waals surface area contributed by atoms with Crippen LogP contribution in [0.15, 0.2) is 24.4 Å². The molecule has 0 spiro atoms. The molecule has 66 valence electrons. The minimum absolute atomic E-state index is 0.316. The number of hydrogen-bond acceptors (Lipinski definition) is 2. The molecule has 0 radical (unpaired) electrons. The van der Waals surface area contributed by atoms with E-state index < -0.39 is 7.12 Å². The number of fused-ring (bicyclic) bond motifs is 1. The first-order valence-electron chi connectivity index (χ1n) is 3.81. The zero-order valence-corrected chi connectivity index (χ0v) is 7.42. The Morgan fingerprint density at radius 3 is 2.77 bits per heavy atom. The van der Waals surface area contributed by atoms with Crippen LogP contribution >= 0.6 is 11.6 Å². The molecular formula is C8H7BClNO2. The van der Waals surface area contributed by atoms with Crippen molar-refractivity contribution in [2.24, 2.45) is 0 Å². The number of rotatable bonds is 1. The van der Waals surface area contributed by atoms with Gasteiger partial charge in [0, 0.05) is 27.6 Å². The Bertz CT molecular complexity index is 441. The summed E-state index contributed by atoms with van der Waals surface area (Å²) < 4.78 is 0. The topological polar surface area (TPSA) is 56.2 Å². The molecule has 0 aliphatic heterocycles. The van der Waals surface area contributed by atoms with Gasteiger partial charge in [-0.05, 0) is 18.2 Å². The largest absolute Gasteiger partial charge is 0.490 e. The predicted molar refractivity (Wildman–Crippen MR) is 53.1 cm³/mol. The average molecular weight is 195 g/mol. The molecule has 2 aromatic rings. The number of halogens is 1. The summed E-state index contributed by atoms with van der Waals surface area (Å²) in [6.45, 7) is 0. The lowest BCUT2D eigenvalue weighted by Gasteiger charge is -2.02. The highest BCUT2D eigenvalue weighted by molar-refractivity contribution is 6.63. The molecule has 1 aromatic heterocycles. The molecule has 2 rings (SSSR count). The van der Waals surface area contributed by atoms with Crippen molar-refractivity contribution in [1.29, 1.82) is 0 Å². The number of hydrogen-bond donors (Lipinski definition) is 3. The lowest BCUT2D eigenvalue weighted by atomic mass is 9.80. The standard InChI is InChI=1S/C8H7BClNO2/c10-7-3-5-1-2-11-8(5)4-6(7)9(12)13/h1-4,11-13H. The molecule has 0 saturated carbocycles. The maximum Gasteiger partial charge on any atom is 0.490 e. The Labute approximate surface area is 80.1 Å². The van der Waals surface area contributed by atoms with E-state index >= 15 is 0 Å². The van der Waals surface area contributed by atoms with E-state index in [1.165, 1.54) is 0 Å². The van der Waals surface area contributed by atoms with E-state index in [0.717, 1.165) is 10.9 Å². The zero-order chi connectivity index (χ0) is 9.42. The van der Waals surface area contributed by atoms with Gasteiger partial charge in [-0.1, -0.05) is 11.6 Å². The maximum atomic E-state index is 8.96. The normalized spacial score (nSPS) is 10.7. The number of aromatic amines is 1. The fourth-order valence-electron chi connectivity index (χ4n) is 1.29. The smallest absolute Gasteiger partial charge is 0.423 e. The summed E-state index contributed by atoms with van der Waals surface area (Å²) in [6.07, 6.45) is 1.77. The van der Waals surface area contributed by atoms with Crippen LogP contribution in [0.3, 0.4) is 0 Å². The Hall–Kier alpha value is -0.965. The van der Waals surface area contributed by atoms with Crippen LogP contribution in [-0.2, 0) is 0 Å². The zero-order valence-electron chi connectivity index (χ0n) is 6.66. The summed E-state index contributed by atoms with van der Waals surface area (Å²) in [5.74, 6) is 0. The van der Waals surface area contributed by atoms with Crippen LogP contribution < -0.4 is 5.46 Å². The Balaban J connectivity index is 2.69. The lowest BCUT2D eigenvalue weighted by molar-refractivity contribution is 0.426. The molecule has 1 heterocycles. The van der Waals surface area contributed by atoms with Crippen molar-refractivity contribution in [2.45, 2.75) is 0 Å². The van der Waals surface area contributed by atoms with Gasteiger partial charge in [0.05, 0.1) is 0 Å². The highest BCUT2D eigenvalue weighted by Crippen LogP contribution is 2.16. The Morgan fingerprint density at radius 1 is 1.31 bits per heavy atom. The minimum atomic E-state index is -1.53. The summed E-state index contributed by atoms with van der Waals surface area (Å²) >= 11 is 5.82. The first-order chi connectivity index (χ1) is 6.18. The molecule has 0 aliphatic rings.